The van der Waals surface area contributed by atoms with Crippen LogP contribution in [0.25, 0.3) is 0 Å². The number of aryl methyl sites for hydroxylation is 1. The summed E-state index contributed by atoms with van der Waals surface area (Å²) in [7, 11) is -2.03. The maximum absolute atomic E-state index is 13.1. The van der Waals surface area contributed by atoms with Crippen molar-refractivity contribution in [3.05, 3.63) is 81.9 Å². The molecule has 0 saturated heterocycles. The Kier molecular flexibility index (Phi) is 5.95. The van der Waals surface area contributed by atoms with Crippen molar-refractivity contribution < 1.29 is 13.2 Å². The number of anilines is 1. The van der Waals surface area contributed by atoms with Crippen molar-refractivity contribution in [2.45, 2.75) is 24.2 Å². The summed E-state index contributed by atoms with van der Waals surface area (Å²) in [6.45, 7) is 0.937. The average Bonchev–Trinajstić information content (AvgIpc) is 3.21. The van der Waals surface area contributed by atoms with Gasteiger partial charge in [0, 0.05) is 35.9 Å². The Hall–Kier alpha value is -2.22. The Labute approximate surface area is 185 Å². The van der Waals surface area contributed by atoms with E-state index in [2.05, 4.69) is 22.0 Å². The number of likely N-dealkylation sites (N-methyl/N-ethyl adjacent to an activating group) is 1. The molecule has 156 valence electrons. The second-order valence-electron chi connectivity index (χ2n) is 7.56. The Morgan fingerprint density at radius 2 is 1.87 bits per heavy atom. The molecule has 2 aliphatic rings. The molecule has 5 nitrogen and oxygen atoms in total. The minimum atomic E-state index is -3.59. The summed E-state index contributed by atoms with van der Waals surface area (Å²) >= 11 is 3.32. The van der Waals surface area contributed by atoms with Crippen molar-refractivity contribution in [3.63, 3.8) is 0 Å². The molecule has 1 amide bonds. The van der Waals surface area contributed by atoms with E-state index in [1.165, 1.54) is 9.87 Å². The van der Waals surface area contributed by atoms with Gasteiger partial charge in [0.1, 0.15) is 0 Å². The van der Waals surface area contributed by atoms with E-state index in [1.807, 2.05) is 35.3 Å². The van der Waals surface area contributed by atoms with Gasteiger partial charge in [-0.3, -0.25) is 4.79 Å². The van der Waals surface area contributed by atoms with Gasteiger partial charge >= 0.3 is 0 Å². The first-order valence-corrected chi connectivity index (χ1v) is 12.1. The number of amides is 1. The number of allylic oxidation sites excluding steroid dienone is 1. The third-order valence-electron chi connectivity index (χ3n) is 5.50. The van der Waals surface area contributed by atoms with Gasteiger partial charge in [-0.25, -0.2) is 8.42 Å². The average molecular weight is 487 g/mol. The molecular weight excluding hydrogens is 464 g/mol. The first-order chi connectivity index (χ1) is 14.4. The number of para-hydroxylation sites is 1. The SMILES string of the molecule is CN(CC1=CCC(C(=O)N2CCCc3ccccc32)=C1)S(=O)(=O)c1ccc(Br)cc1. The van der Waals surface area contributed by atoms with Gasteiger partial charge in [-0.05, 0) is 66.8 Å². The van der Waals surface area contributed by atoms with Gasteiger partial charge < -0.3 is 4.90 Å². The van der Waals surface area contributed by atoms with Gasteiger partial charge in [0.05, 0.1) is 4.90 Å². The fourth-order valence-corrected chi connectivity index (χ4v) is 5.31. The number of carbonyl (C=O) groups excluding carboxylic acids is 1. The standard InChI is InChI=1S/C23H23BrN2O3S/c1-25(30(28,29)21-12-10-20(24)11-13-21)16-17-8-9-19(15-17)23(27)26-14-4-6-18-5-2-3-7-22(18)26/h2-3,5,7-8,10-13,15H,4,6,9,14,16H2,1H3. The molecule has 0 N–H and O–H groups in total. The highest BCUT2D eigenvalue weighted by molar-refractivity contribution is 9.10. The van der Waals surface area contributed by atoms with E-state index in [0.717, 1.165) is 28.6 Å². The second-order valence-corrected chi connectivity index (χ2v) is 10.5. The molecule has 1 heterocycles. The monoisotopic (exact) mass is 486 g/mol. The smallest absolute Gasteiger partial charge is 0.254 e. The number of rotatable bonds is 5. The first kappa shape index (κ1) is 21.0. The van der Waals surface area contributed by atoms with E-state index < -0.39 is 10.0 Å². The van der Waals surface area contributed by atoms with Crippen molar-refractivity contribution in [1.82, 2.24) is 4.31 Å². The van der Waals surface area contributed by atoms with E-state index in [4.69, 9.17) is 0 Å². The maximum Gasteiger partial charge on any atom is 0.254 e. The molecule has 0 saturated carbocycles. The quantitative estimate of drug-likeness (QED) is 0.632. The summed E-state index contributed by atoms with van der Waals surface area (Å²) in [6.07, 6.45) is 6.24. The number of halogens is 1. The number of fused-ring (bicyclic) bond motifs is 1. The van der Waals surface area contributed by atoms with E-state index >= 15 is 0 Å². The van der Waals surface area contributed by atoms with Crippen LogP contribution < -0.4 is 4.90 Å². The van der Waals surface area contributed by atoms with E-state index in [-0.39, 0.29) is 17.3 Å². The molecule has 1 aliphatic heterocycles. The van der Waals surface area contributed by atoms with Gasteiger partial charge in [0.2, 0.25) is 10.0 Å². The maximum atomic E-state index is 13.1. The van der Waals surface area contributed by atoms with Crippen molar-refractivity contribution in [2.75, 3.05) is 25.0 Å². The first-order valence-electron chi connectivity index (χ1n) is 9.87. The highest BCUT2D eigenvalue weighted by atomic mass is 79.9. The Morgan fingerprint density at radius 3 is 2.63 bits per heavy atom. The molecule has 0 bridgehead atoms. The predicted molar refractivity (Wildman–Crippen MR) is 122 cm³/mol. The van der Waals surface area contributed by atoms with Gasteiger partial charge in [-0.1, -0.05) is 40.2 Å². The molecule has 7 heteroatoms. The number of hydrogen-bond acceptors (Lipinski definition) is 3. The molecule has 0 radical (unpaired) electrons. The lowest BCUT2D eigenvalue weighted by molar-refractivity contribution is -0.115. The minimum Gasteiger partial charge on any atom is -0.308 e. The summed E-state index contributed by atoms with van der Waals surface area (Å²) in [5.74, 6) is 0.00631. The zero-order valence-electron chi connectivity index (χ0n) is 16.7. The highest BCUT2D eigenvalue weighted by Crippen LogP contribution is 2.30. The van der Waals surface area contributed by atoms with Crippen LogP contribution in [-0.4, -0.2) is 38.8 Å². The Morgan fingerprint density at radius 1 is 1.13 bits per heavy atom. The molecule has 4 rings (SSSR count). The third-order valence-corrected chi connectivity index (χ3v) is 7.85. The van der Waals surface area contributed by atoms with Gasteiger partial charge in [-0.15, -0.1) is 0 Å². The van der Waals surface area contributed by atoms with E-state index in [0.29, 0.717) is 18.5 Å². The van der Waals surface area contributed by atoms with Gasteiger partial charge in [-0.2, -0.15) is 4.31 Å². The summed E-state index contributed by atoms with van der Waals surface area (Å²) in [5, 5.41) is 0. The number of benzene rings is 2. The lowest BCUT2D eigenvalue weighted by atomic mass is 10.0. The molecule has 0 spiro atoms. The van der Waals surface area contributed by atoms with Gasteiger partial charge in [0.15, 0.2) is 0 Å². The highest BCUT2D eigenvalue weighted by Gasteiger charge is 2.27. The molecule has 0 unspecified atom stereocenters. The number of carbonyl (C=O) groups is 1. The number of nitrogens with zero attached hydrogens (tertiary/aromatic N) is 2. The summed E-state index contributed by atoms with van der Waals surface area (Å²) in [4.78, 5) is 15.2. The van der Waals surface area contributed by atoms with Crippen LogP contribution in [0, 0.1) is 0 Å². The molecule has 2 aromatic carbocycles. The summed E-state index contributed by atoms with van der Waals surface area (Å²) in [6, 6.07) is 14.6. The van der Waals surface area contributed by atoms with Crippen molar-refractivity contribution in [3.8, 4) is 0 Å². The molecule has 1 aliphatic carbocycles. The second kappa shape index (κ2) is 8.49. The van der Waals surface area contributed by atoms with Crippen molar-refractivity contribution in [2.24, 2.45) is 0 Å². The molecule has 30 heavy (non-hydrogen) atoms. The van der Waals surface area contributed by atoms with Crippen LogP contribution in [0.2, 0.25) is 0 Å². The Bertz CT molecular complexity index is 1140. The zero-order valence-corrected chi connectivity index (χ0v) is 19.1. The molecule has 0 fully saturated rings. The third kappa shape index (κ3) is 4.15. The van der Waals surface area contributed by atoms with Crippen LogP contribution in [0.1, 0.15) is 18.4 Å². The molecule has 0 atom stereocenters. The number of hydrogen-bond donors (Lipinski definition) is 0. The van der Waals surface area contributed by atoms with Crippen LogP contribution in [0.5, 0.6) is 0 Å². The van der Waals surface area contributed by atoms with E-state index in [1.54, 1.807) is 31.3 Å². The summed E-state index contributed by atoms with van der Waals surface area (Å²) in [5.41, 5.74) is 3.73. The van der Waals surface area contributed by atoms with Crippen LogP contribution in [0.3, 0.4) is 0 Å². The minimum absolute atomic E-state index is 0.00631. The Balaban J connectivity index is 1.47. The number of sulfonamides is 1. The lowest BCUT2D eigenvalue weighted by Gasteiger charge is -2.29. The fraction of sp³-hybridized carbons (Fsp3) is 0.261. The topological polar surface area (TPSA) is 57.7 Å². The van der Waals surface area contributed by atoms with Gasteiger partial charge in [0.25, 0.3) is 5.91 Å². The van der Waals surface area contributed by atoms with Crippen LogP contribution in [0.4, 0.5) is 5.69 Å². The van der Waals surface area contributed by atoms with Crippen LogP contribution in [0.15, 0.2) is 81.2 Å². The molecule has 2 aromatic rings. The lowest BCUT2D eigenvalue weighted by Crippen LogP contribution is -2.36. The molecule has 0 aromatic heterocycles. The zero-order chi connectivity index (χ0) is 21.3. The van der Waals surface area contributed by atoms with Crippen LogP contribution >= 0.6 is 15.9 Å². The van der Waals surface area contributed by atoms with Crippen molar-refractivity contribution >= 4 is 37.5 Å². The van der Waals surface area contributed by atoms with Crippen molar-refractivity contribution in [1.29, 1.82) is 0 Å². The predicted octanol–water partition coefficient (Wildman–Crippen LogP) is 4.31. The largest absolute Gasteiger partial charge is 0.308 e. The molecular formula is C23H23BrN2O3S. The summed E-state index contributed by atoms with van der Waals surface area (Å²) < 4.78 is 27.8. The fourth-order valence-electron chi connectivity index (χ4n) is 3.89. The normalized spacial score (nSPS) is 16.3. The van der Waals surface area contributed by atoms with E-state index in [9.17, 15) is 13.2 Å². The van der Waals surface area contributed by atoms with Crippen LogP contribution in [-0.2, 0) is 21.2 Å².